The fourth-order valence-corrected chi connectivity index (χ4v) is 3.10. The molecule has 1 aliphatic carbocycles. The van der Waals surface area contributed by atoms with E-state index in [-0.39, 0.29) is 0 Å². The molecule has 1 N–H and O–H groups in total. The average molecular weight is 255 g/mol. The third kappa shape index (κ3) is 4.87. The molecule has 0 bridgehead atoms. The van der Waals surface area contributed by atoms with Gasteiger partial charge in [-0.1, -0.05) is 19.8 Å². The summed E-state index contributed by atoms with van der Waals surface area (Å²) in [6.45, 7) is 7.02. The molecule has 3 heteroatoms. The van der Waals surface area contributed by atoms with Gasteiger partial charge in [0.1, 0.15) is 0 Å². The minimum Gasteiger partial charge on any atom is -0.381 e. The zero-order valence-electron chi connectivity index (χ0n) is 11.8. The summed E-state index contributed by atoms with van der Waals surface area (Å²) in [4.78, 5) is 0. The monoisotopic (exact) mass is 255 g/mol. The molecule has 0 radical (unpaired) electrons. The van der Waals surface area contributed by atoms with Crippen molar-refractivity contribution in [2.24, 2.45) is 11.8 Å². The molecule has 0 amide bonds. The molecule has 2 atom stereocenters. The first kappa shape index (κ1) is 14.3. The first-order valence-corrected chi connectivity index (χ1v) is 7.75. The lowest BCUT2D eigenvalue weighted by atomic mass is 9.86. The van der Waals surface area contributed by atoms with Crippen molar-refractivity contribution in [2.45, 2.75) is 51.5 Å². The second-order valence-electron chi connectivity index (χ2n) is 5.95. The van der Waals surface area contributed by atoms with E-state index < -0.39 is 0 Å². The Hall–Kier alpha value is -0.120. The molecule has 106 valence electrons. The second-order valence-corrected chi connectivity index (χ2v) is 5.95. The van der Waals surface area contributed by atoms with Crippen LogP contribution in [0.1, 0.15) is 45.4 Å². The van der Waals surface area contributed by atoms with E-state index >= 15 is 0 Å². The summed E-state index contributed by atoms with van der Waals surface area (Å²) in [5, 5.41) is 3.66. The molecule has 0 aromatic carbocycles. The number of ether oxygens (including phenoxy) is 2. The van der Waals surface area contributed by atoms with Crippen molar-refractivity contribution in [1.29, 1.82) is 0 Å². The Kier molecular flexibility index (Phi) is 6.46. The van der Waals surface area contributed by atoms with E-state index in [0.717, 1.165) is 50.8 Å². The van der Waals surface area contributed by atoms with E-state index in [4.69, 9.17) is 9.47 Å². The Labute approximate surface area is 112 Å². The molecule has 2 aliphatic rings. The number of nitrogens with one attached hydrogen (secondary N) is 1. The van der Waals surface area contributed by atoms with Crippen LogP contribution in [-0.4, -0.2) is 39.0 Å². The maximum Gasteiger partial charge on any atom is 0.0591 e. The SMILES string of the molecule is CC1CCCCC1NCCOCC1CCOCC1. The van der Waals surface area contributed by atoms with E-state index in [2.05, 4.69) is 12.2 Å². The minimum atomic E-state index is 0.727. The van der Waals surface area contributed by atoms with Gasteiger partial charge in [0.2, 0.25) is 0 Å². The van der Waals surface area contributed by atoms with Gasteiger partial charge in [-0.05, 0) is 37.5 Å². The topological polar surface area (TPSA) is 30.5 Å². The molecule has 18 heavy (non-hydrogen) atoms. The third-order valence-electron chi connectivity index (χ3n) is 4.46. The molecular weight excluding hydrogens is 226 g/mol. The van der Waals surface area contributed by atoms with E-state index in [9.17, 15) is 0 Å². The Bertz CT molecular complexity index is 217. The predicted octanol–water partition coefficient (Wildman–Crippen LogP) is 2.60. The first-order chi connectivity index (χ1) is 8.86. The highest BCUT2D eigenvalue weighted by atomic mass is 16.5. The van der Waals surface area contributed by atoms with Crippen molar-refractivity contribution in [3.63, 3.8) is 0 Å². The van der Waals surface area contributed by atoms with E-state index in [1.807, 2.05) is 0 Å². The zero-order chi connectivity index (χ0) is 12.6. The largest absolute Gasteiger partial charge is 0.381 e. The Morgan fingerprint density at radius 2 is 1.89 bits per heavy atom. The van der Waals surface area contributed by atoms with Crippen molar-refractivity contribution < 1.29 is 9.47 Å². The standard InChI is InChI=1S/C15H29NO2/c1-13-4-2-3-5-15(13)16-8-11-18-12-14-6-9-17-10-7-14/h13-16H,2-12H2,1H3. The van der Waals surface area contributed by atoms with Crippen LogP contribution < -0.4 is 5.32 Å². The van der Waals surface area contributed by atoms with E-state index in [0.29, 0.717) is 0 Å². The van der Waals surface area contributed by atoms with E-state index in [1.54, 1.807) is 0 Å². The average Bonchev–Trinajstić information content (AvgIpc) is 2.42. The van der Waals surface area contributed by atoms with Gasteiger partial charge in [0.05, 0.1) is 6.61 Å². The van der Waals surface area contributed by atoms with Gasteiger partial charge in [-0.3, -0.25) is 0 Å². The highest BCUT2D eigenvalue weighted by molar-refractivity contribution is 4.77. The van der Waals surface area contributed by atoms with Crippen LogP contribution >= 0.6 is 0 Å². The van der Waals surface area contributed by atoms with Gasteiger partial charge in [0.15, 0.2) is 0 Å². The van der Waals surface area contributed by atoms with Crippen LogP contribution in [0.2, 0.25) is 0 Å². The first-order valence-electron chi connectivity index (χ1n) is 7.75. The van der Waals surface area contributed by atoms with Crippen LogP contribution in [-0.2, 0) is 9.47 Å². The Morgan fingerprint density at radius 3 is 2.67 bits per heavy atom. The predicted molar refractivity (Wildman–Crippen MR) is 73.8 cm³/mol. The molecule has 0 aromatic rings. The third-order valence-corrected chi connectivity index (χ3v) is 4.46. The summed E-state index contributed by atoms with van der Waals surface area (Å²) < 4.78 is 11.1. The van der Waals surface area contributed by atoms with Crippen LogP contribution in [0.5, 0.6) is 0 Å². The van der Waals surface area contributed by atoms with Crippen LogP contribution in [0.3, 0.4) is 0 Å². The summed E-state index contributed by atoms with van der Waals surface area (Å²) in [5.74, 6) is 1.57. The molecule has 1 saturated heterocycles. The van der Waals surface area contributed by atoms with Gasteiger partial charge in [-0.25, -0.2) is 0 Å². The molecule has 1 aliphatic heterocycles. The summed E-state index contributed by atoms with van der Waals surface area (Å²) in [7, 11) is 0. The number of hydrogen-bond acceptors (Lipinski definition) is 3. The summed E-state index contributed by atoms with van der Waals surface area (Å²) in [6, 6.07) is 0.727. The molecule has 0 spiro atoms. The molecule has 2 fully saturated rings. The fourth-order valence-electron chi connectivity index (χ4n) is 3.10. The van der Waals surface area contributed by atoms with Crippen molar-refractivity contribution in [2.75, 3.05) is 33.0 Å². The van der Waals surface area contributed by atoms with Crippen LogP contribution in [0, 0.1) is 11.8 Å². The smallest absolute Gasteiger partial charge is 0.0591 e. The highest BCUT2D eigenvalue weighted by Gasteiger charge is 2.20. The lowest BCUT2D eigenvalue weighted by Crippen LogP contribution is -2.39. The van der Waals surface area contributed by atoms with Crippen molar-refractivity contribution in [1.82, 2.24) is 5.32 Å². The normalized spacial score (nSPS) is 30.5. The van der Waals surface area contributed by atoms with Crippen molar-refractivity contribution >= 4 is 0 Å². The van der Waals surface area contributed by atoms with Gasteiger partial charge in [0, 0.05) is 32.4 Å². The van der Waals surface area contributed by atoms with Crippen LogP contribution in [0.4, 0.5) is 0 Å². The molecule has 1 saturated carbocycles. The van der Waals surface area contributed by atoms with Crippen LogP contribution in [0.25, 0.3) is 0 Å². The van der Waals surface area contributed by atoms with Crippen molar-refractivity contribution in [3.8, 4) is 0 Å². The highest BCUT2D eigenvalue weighted by Crippen LogP contribution is 2.23. The summed E-state index contributed by atoms with van der Waals surface area (Å²) in [5.41, 5.74) is 0. The molecule has 1 heterocycles. The molecular formula is C15H29NO2. The van der Waals surface area contributed by atoms with E-state index in [1.165, 1.54) is 38.5 Å². The number of rotatable bonds is 6. The molecule has 2 unspecified atom stereocenters. The van der Waals surface area contributed by atoms with Crippen molar-refractivity contribution in [3.05, 3.63) is 0 Å². The fraction of sp³-hybridized carbons (Fsp3) is 1.00. The van der Waals surface area contributed by atoms with Gasteiger partial charge in [-0.15, -0.1) is 0 Å². The Balaban J connectivity index is 1.47. The second kappa shape index (κ2) is 8.13. The Morgan fingerprint density at radius 1 is 1.11 bits per heavy atom. The maximum absolute atomic E-state index is 5.78. The quantitative estimate of drug-likeness (QED) is 0.740. The van der Waals surface area contributed by atoms with Crippen LogP contribution in [0.15, 0.2) is 0 Å². The van der Waals surface area contributed by atoms with Gasteiger partial charge < -0.3 is 14.8 Å². The zero-order valence-corrected chi connectivity index (χ0v) is 11.8. The van der Waals surface area contributed by atoms with Gasteiger partial charge in [0.25, 0.3) is 0 Å². The number of hydrogen-bond donors (Lipinski definition) is 1. The van der Waals surface area contributed by atoms with Gasteiger partial charge >= 0.3 is 0 Å². The maximum atomic E-state index is 5.78. The lowest BCUT2D eigenvalue weighted by Gasteiger charge is -2.29. The molecule has 0 aromatic heterocycles. The summed E-state index contributed by atoms with van der Waals surface area (Å²) >= 11 is 0. The minimum absolute atomic E-state index is 0.727. The lowest BCUT2D eigenvalue weighted by molar-refractivity contribution is 0.0206. The molecule has 3 nitrogen and oxygen atoms in total. The molecule has 2 rings (SSSR count). The van der Waals surface area contributed by atoms with Gasteiger partial charge in [-0.2, -0.15) is 0 Å². The summed E-state index contributed by atoms with van der Waals surface area (Å²) in [6.07, 6.45) is 7.90.